The monoisotopic (exact) mass is 249 g/mol. The fraction of sp³-hybridized carbons (Fsp3) is 0.273. The number of anilines is 1. The van der Waals surface area contributed by atoms with Crippen molar-refractivity contribution in [3.8, 4) is 12.3 Å². The van der Waals surface area contributed by atoms with Gasteiger partial charge in [-0.2, -0.15) is 0 Å². The van der Waals surface area contributed by atoms with Crippen molar-refractivity contribution in [2.24, 2.45) is 0 Å². The molecule has 0 aliphatic carbocycles. The van der Waals surface area contributed by atoms with Gasteiger partial charge in [0.1, 0.15) is 17.6 Å². The molecule has 0 aliphatic rings. The predicted octanol–water partition coefficient (Wildman–Crippen LogP) is 1.51. The quantitative estimate of drug-likeness (QED) is 0.342. The summed E-state index contributed by atoms with van der Waals surface area (Å²) >= 11 is 0. The molecule has 0 spiro atoms. The molecule has 1 rings (SSSR count). The molecule has 2 N–H and O–H groups in total. The van der Waals surface area contributed by atoms with Gasteiger partial charge in [0, 0.05) is 19.0 Å². The molecule has 1 aromatic heterocycles. The minimum absolute atomic E-state index is 0.273. The fourth-order valence-electron chi connectivity index (χ4n) is 1.27. The maximum Gasteiger partial charge on any atom is 0.342 e. The van der Waals surface area contributed by atoms with Gasteiger partial charge in [-0.1, -0.05) is 0 Å². The van der Waals surface area contributed by atoms with E-state index in [1.807, 2.05) is 0 Å². The Hall–Kier alpha value is -2.62. The molecule has 0 aliphatic heterocycles. The molecule has 1 aromatic rings. The van der Waals surface area contributed by atoms with E-state index in [4.69, 9.17) is 11.5 Å². The minimum atomic E-state index is -1.37. The van der Waals surface area contributed by atoms with E-state index < -0.39 is 22.1 Å². The van der Waals surface area contributed by atoms with Crippen molar-refractivity contribution >= 4 is 17.5 Å². The van der Waals surface area contributed by atoms with Crippen LogP contribution < -0.4 is 5.32 Å². The maximum absolute atomic E-state index is 10.9. The largest absolute Gasteiger partial charge is 0.477 e. The molecule has 1 heterocycles. The first-order valence-corrected chi connectivity index (χ1v) is 5.11. The van der Waals surface area contributed by atoms with Crippen LogP contribution in [-0.2, 0) is 0 Å². The zero-order chi connectivity index (χ0) is 13.5. The lowest BCUT2D eigenvalue weighted by atomic mass is 10.2. The molecule has 0 unspecified atom stereocenters. The summed E-state index contributed by atoms with van der Waals surface area (Å²) in [6.45, 7) is 0.522. The van der Waals surface area contributed by atoms with Crippen molar-refractivity contribution < 1.29 is 14.8 Å². The van der Waals surface area contributed by atoms with Crippen molar-refractivity contribution in [3.63, 3.8) is 0 Å². The number of carbonyl (C=O) groups is 1. The maximum atomic E-state index is 10.9. The van der Waals surface area contributed by atoms with E-state index in [1.54, 1.807) is 0 Å². The normalized spacial score (nSPS) is 9.50. The van der Waals surface area contributed by atoms with Crippen LogP contribution in [0.5, 0.6) is 0 Å². The van der Waals surface area contributed by atoms with E-state index in [0.717, 1.165) is 12.3 Å². The number of terminal acetylenes is 1. The third-order valence-corrected chi connectivity index (χ3v) is 2.11. The third-order valence-electron chi connectivity index (χ3n) is 2.11. The van der Waals surface area contributed by atoms with Gasteiger partial charge in [-0.3, -0.25) is 10.1 Å². The SMILES string of the molecule is C#CCCCNc1cc(C(=O)O)c([N+](=O)[O-])cn1. The fourth-order valence-corrected chi connectivity index (χ4v) is 1.27. The van der Waals surface area contributed by atoms with Crippen molar-refractivity contribution in [1.82, 2.24) is 4.98 Å². The first kappa shape index (κ1) is 13.4. The molecule has 7 nitrogen and oxygen atoms in total. The Kier molecular flexibility index (Phi) is 4.63. The van der Waals surface area contributed by atoms with E-state index in [1.165, 1.54) is 0 Å². The van der Waals surface area contributed by atoms with Crippen LogP contribution in [0.2, 0.25) is 0 Å². The topological polar surface area (TPSA) is 105 Å². The highest BCUT2D eigenvalue weighted by atomic mass is 16.6. The van der Waals surface area contributed by atoms with Gasteiger partial charge in [0.15, 0.2) is 0 Å². The average Bonchev–Trinajstić information content (AvgIpc) is 2.34. The van der Waals surface area contributed by atoms with Crippen molar-refractivity contribution in [3.05, 3.63) is 27.9 Å². The van der Waals surface area contributed by atoms with Crippen molar-refractivity contribution in [2.45, 2.75) is 12.8 Å². The Bertz CT molecular complexity index is 508. The van der Waals surface area contributed by atoms with Crippen molar-refractivity contribution in [1.29, 1.82) is 0 Å². The highest BCUT2D eigenvalue weighted by Gasteiger charge is 2.20. The molecule has 94 valence electrons. The number of nitro groups is 1. The first-order valence-electron chi connectivity index (χ1n) is 5.11. The number of aromatic carboxylic acids is 1. The molecule has 0 atom stereocenters. The Morgan fingerprint density at radius 3 is 2.94 bits per heavy atom. The summed E-state index contributed by atoms with van der Waals surface area (Å²) in [5.41, 5.74) is -0.925. The number of unbranched alkanes of at least 4 members (excludes halogenated alkanes) is 1. The number of carboxylic acid groups (broad SMARTS) is 1. The lowest BCUT2D eigenvalue weighted by molar-refractivity contribution is -0.385. The molecule has 18 heavy (non-hydrogen) atoms. The Labute approximate surface area is 103 Å². The molecule has 0 fully saturated rings. The molecule has 0 aromatic carbocycles. The summed E-state index contributed by atoms with van der Waals surface area (Å²) in [6, 6.07) is 1.14. The first-order chi connectivity index (χ1) is 8.56. The smallest absolute Gasteiger partial charge is 0.342 e. The highest BCUT2D eigenvalue weighted by molar-refractivity contribution is 5.93. The number of nitrogens with one attached hydrogen (secondary N) is 1. The van der Waals surface area contributed by atoms with Crippen LogP contribution in [0.4, 0.5) is 11.5 Å². The summed E-state index contributed by atoms with van der Waals surface area (Å²) in [7, 11) is 0. The van der Waals surface area contributed by atoms with Crippen molar-refractivity contribution in [2.75, 3.05) is 11.9 Å². The van der Waals surface area contributed by atoms with Gasteiger partial charge in [-0.15, -0.1) is 12.3 Å². The third kappa shape index (κ3) is 3.45. The summed E-state index contributed by atoms with van der Waals surface area (Å²) in [4.78, 5) is 24.5. The predicted molar refractivity (Wildman–Crippen MR) is 64.4 cm³/mol. The number of rotatable bonds is 6. The lowest BCUT2D eigenvalue weighted by Gasteiger charge is -2.05. The standard InChI is InChI=1S/C11H11N3O4/c1-2-3-4-5-12-10-6-8(11(15)16)9(7-13-10)14(17)18/h1,6-7H,3-5H2,(H,12,13)(H,15,16). The van der Waals surface area contributed by atoms with Gasteiger partial charge in [0.25, 0.3) is 0 Å². The second-order valence-corrected chi connectivity index (χ2v) is 3.38. The lowest BCUT2D eigenvalue weighted by Crippen LogP contribution is -2.08. The zero-order valence-corrected chi connectivity index (χ0v) is 9.42. The minimum Gasteiger partial charge on any atom is -0.477 e. The number of hydrogen-bond donors (Lipinski definition) is 2. The molecular weight excluding hydrogens is 238 g/mol. The molecule has 0 saturated carbocycles. The van der Waals surface area contributed by atoms with Gasteiger partial charge in [0.05, 0.1) is 4.92 Å². The van der Waals surface area contributed by atoms with Crippen LogP contribution >= 0.6 is 0 Å². The van der Waals surface area contributed by atoms with E-state index in [2.05, 4.69) is 16.2 Å². The second-order valence-electron chi connectivity index (χ2n) is 3.38. The van der Waals surface area contributed by atoms with Gasteiger partial charge in [-0.25, -0.2) is 9.78 Å². The molecule has 7 heteroatoms. The molecule has 0 amide bonds. The van der Waals surface area contributed by atoms with E-state index >= 15 is 0 Å². The molecule has 0 bridgehead atoms. The summed E-state index contributed by atoms with van der Waals surface area (Å²) in [5, 5.41) is 22.3. The van der Waals surface area contributed by atoms with Crippen LogP contribution in [0.3, 0.4) is 0 Å². The number of aromatic nitrogens is 1. The molecular formula is C11H11N3O4. The number of hydrogen-bond acceptors (Lipinski definition) is 5. The van der Waals surface area contributed by atoms with Gasteiger partial charge in [0.2, 0.25) is 0 Å². The zero-order valence-electron chi connectivity index (χ0n) is 9.42. The summed E-state index contributed by atoms with van der Waals surface area (Å²) < 4.78 is 0. The average molecular weight is 249 g/mol. The van der Waals surface area contributed by atoms with Crippen LogP contribution in [0.25, 0.3) is 0 Å². The van der Waals surface area contributed by atoms with E-state index in [0.29, 0.717) is 19.4 Å². The van der Waals surface area contributed by atoms with Gasteiger partial charge in [-0.05, 0) is 6.42 Å². The number of pyridine rings is 1. The highest BCUT2D eigenvalue weighted by Crippen LogP contribution is 2.20. The Morgan fingerprint density at radius 1 is 1.67 bits per heavy atom. The van der Waals surface area contributed by atoms with Crippen LogP contribution in [0.1, 0.15) is 23.2 Å². The van der Waals surface area contributed by atoms with E-state index in [-0.39, 0.29) is 5.82 Å². The number of carboxylic acids is 1. The van der Waals surface area contributed by atoms with E-state index in [9.17, 15) is 14.9 Å². The van der Waals surface area contributed by atoms with Crippen LogP contribution in [0.15, 0.2) is 12.3 Å². The van der Waals surface area contributed by atoms with Crippen LogP contribution in [-0.4, -0.2) is 27.5 Å². The van der Waals surface area contributed by atoms with Crippen LogP contribution in [0, 0.1) is 22.5 Å². The summed E-state index contributed by atoms with van der Waals surface area (Å²) in [6.07, 6.45) is 7.30. The van der Waals surface area contributed by atoms with Gasteiger partial charge < -0.3 is 10.4 Å². The molecule has 0 saturated heterocycles. The Balaban J connectivity index is 2.84. The number of nitrogens with zero attached hydrogens (tertiary/aromatic N) is 2. The Morgan fingerprint density at radius 2 is 2.39 bits per heavy atom. The second kappa shape index (κ2) is 6.20. The summed E-state index contributed by atoms with van der Waals surface area (Å²) in [5.74, 6) is 1.37. The molecule has 0 radical (unpaired) electrons. The van der Waals surface area contributed by atoms with Gasteiger partial charge >= 0.3 is 11.7 Å².